The molecule has 0 saturated heterocycles. The molecule has 0 saturated carbocycles. The highest BCUT2D eigenvalue weighted by molar-refractivity contribution is 5.99. The first kappa shape index (κ1) is 13.3. The minimum absolute atomic E-state index is 0.00245. The molecule has 1 aromatic carbocycles. The number of aliphatic carboxylic acids is 1. The Morgan fingerprint density at radius 2 is 1.45 bits per heavy atom. The molecule has 0 atom stereocenters. The first-order valence-corrected chi connectivity index (χ1v) is 5.17. The van der Waals surface area contributed by atoms with Gasteiger partial charge in [-0.2, -0.15) is 0 Å². The highest BCUT2D eigenvalue weighted by Gasteiger charge is 2.21. The van der Waals surface area contributed by atoms with Crippen LogP contribution in [-0.4, -0.2) is 29.0 Å². The molecular formula is C12H6O8. The molecule has 0 unspecified atom stereocenters. The van der Waals surface area contributed by atoms with E-state index in [2.05, 4.69) is 14.5 Å². The molecule has 2 aliphatic heterocycles. The summed E-state index contributed by atoms with van der Waals surface area (Å²) in [6, 6.07) is 4.95. The van der Waals surface area contributed by atoms with Crippen LogP contribution < -0.4 is 0 Å². The van der Waals surface area contributed by atoms with Crippen molar-refractivity contribution in [1.82, 2.24) is 0 Å². The minimum atomic E-state index is -1.66. The Kier molecular flexibility index (Phi) is 3.47. The molecule has 0 radical (unpaired) electrons. The molecule has 20 heavy (non-hydrogen) atoms. The maximum Gasteiger partial charge on any atom is 0.386 e. The number of hydrogen-bond acceptors (Lipinski definition) is 7. The van der Waals surface area contributed by atoms with Crippen LogP contribution >= 0.6 is 0 Å². The van der Waals surface area contributed by atoms with Crippen LogP contribution in [-0.2, 0) is 24.1 Å². The maximum atomic E-state index is 11.6. The summed E-state index contributed by atoms with van der Waals surface area (Å²) in [5.41, 5.74) is 0.0417. The number of rotatable bonds is 1. The van der Waals surface area contributed by atoms with Gasteiger partial charge in [-0.05, 0) is 24.3 Å². The summed E-state index contributed by atoms with van der Waals surface area (Å²) >= 11 is 0. The van der Waals surface area contributed by atoms with E-state index in [0.717, 1.165) is 0 Å². The van der Waals surface area contributed by atoms with Crippen molar-refractivity contribution in [2.24, 2.45) is 0 Å². The molecular weight excluding hydrogens is 272 g/mol. The van der Waals surface area contributed by atoms with Crippen molar-refractivity contribution in [2.75, 3.05) is 0 Å². The number of hydrogen-bond donors (Lipinski definition) is 1. The molecule has 1 aromatic rings. The smallest absolute Gasteiger partial charge is 0.386 e. The molecule has 0 spiro atoms. The summed E-state index contributed by atoms with van der Waals surface area (Å²) in [4.78, 5) is 53.4. The van der Waals surface area contributed by atoms with E-state index in [4.69, 9.17) is 5.11 Å². The molecule has 2 heterocycles. The standard InChI is InChI=1S/C12H6O8/c13-9-5-8(10(14)15)18-11(16)6-1-3-7(4-2-6)12(17)20-19-9/h1-5H,(H,14,15)/b8-5+. The highest BCUT2D eigenvalue weighted by Crippen LogP contribution is 2.12. The van der Waals surface area contributed by atoms with E-state index >= 15 is 0 Å². The lowest BCUT2D eigenvalue weighted by Gasteiger charge is -2.07. The van der Waals surface area contributed by atoms with Crippen LogP contribution in [0.3, 0.4) is 0 Å². The minimum Gasteiger partial charge on any atom is -0.475 e. The second kappa shape index (κ2) is 5.22. The first-order valence-electron chi connectivity index (χ1n) is 5.17. The van der Waals surface area contributed by atoms with Crippen LogP contribution in [0.4, 0.5) is 0 Å². The molecule has 102 valence electrons. The Bertz CT molecular complexity index is 625. The van der Waals surface area contributed by atoms with Gasteiger partial charge in [0.1, 0.15) is 0 Å². The number of ether oxygens (including phenoxy) is 1. The normalized spacial score (nSPS) is 17.8. The molecule has 2 aliphatic rings. The summed E-state index contributed by atoms with van der Waals surface area (Å²) in [5.74, 6) is -5.88. The Labute approximate surface area is 111 Å². The topological polar surface area (TPSA) is 116 Å². The molecule has 1 N–H and O–H groups in total. The lowest BCUT2D eigenvalue weighted by molar-refractivity contribution is -0.228. The number of benzene rings is 1. The van der Waals surface area contributed by atoms with Crippen LogP contribution in [0.2, 0.25) is 0 Å². The lowest BCUT2D eigenvalue weighted by atomic mass is 10.1. The van der Waals surface area contributed by atoms with E-state index in [9.17, 15) is 19.2 Å². The van der Waals surface area contributed by atoms with Crippen LogP contribution in [0.1, 0.15) is 20.7 Å². The fourth-order valence-corrected chi connectivity index (χ4v) is 1.29. The van der Waals surface area contributed by atoms with Gasteiger partial charge in [0.2, 0.25) is 5.76 Å². The van der Waals surface area contributed by atoms with Gasteiger partial charge in [0, 0.05) is 0 Å². The Hall–Kier alpha value is -3.16. The predicted molar refractivity (Wildman–Crippen MR) is 59.1 cm³/mol. The molecule has 3 rings (SSSR count). The van der Waals surface area contributed by atoms with Gasteiger partial charge >= 0.3 is 23.9 Å². The highest BCUT2D eigenvalue weighted by atomic mass is 17.2. The van der Waals surface area contributed by atoms with Crippen molar-refractivity contribution in [1.29, 1.82) is 0 Å². The summed E-state index contributed by atoms with van der Waals surface area (Å²) in [6.07, 6.45) is 0.376. The largest absolute Gasteiger partial charge is 0.475 e. The van der Waals surface area contributed by atoms with Crippen molar-refractivity contribution < 1.29 is 38.8 Å². The number of carboxylic acids is 1. The van der Waals surface area contributed by atoms with Crippen molar-refractivity contribution in [3.05, 3.63) is 47.2 Å². The SMILES string of the molecule is O=C1/C=C(\C(=O)O)OC(=O)c2ccc(cc2)C(=O)OO1. The third kappa shape index (κ3) is 2.80. The number of fused-ring (bicyclic) bond motifs is 8. The van der Waals surface area contributed by atoms with Crippen molar-refractivity contribution >= 4 is 23.9 Å². The van der Waals surface area contributed by atoms with Crippen LogP contribution in [0, 0.1) is 0 Å². The molecule has 0 amide bonds. The first-order chi connectivity index (χ1) is 9.47. The third-order valence-corrected chi connectivity index (χ3v) is 2.22. The van der Waals surface area contributed by atoms with Gasteiger partial charge in [0.05, 0.1) is 17.2 Å². The Morgan fingerprint density at radius 1 is 0.900 bits per heavy atom. The van der Waals surface area contributed by atoms with E-state index in [0.29, 0.717) is 6.08 Å². The average molecular weight is 278 g/mol. The second-order valence-electron chi connectivity index (χ2n) is 3.55. The Morgan fingerprint density at radius 3 is 2.00 bits per heavy atom. The average Bonchev–Trinajstić information content (AvgIpc) is 2.43. The summed E-state index contributed by atoms with van der Waals surface area (Å²) in [6.45, 7) is 0. The van der Waals surface area contributed by atoms with Crippen LogP contribution in [0.5, 0.6) is 0 Å². The quantitative estimate of drug-likeness (QED) is 0.581. The van der Waals surface area contributed by atoms with Gasteiger partial charge in [0.15, 0.2) is 0 Å². The predicted octanol–water partition coefficient (Wildman–Crippen LogP) is 0.440. The molecule has 0 aliphatic carbocycles. The number of esters is 1. The fourth-order valence-electron chi connectivity index (χ4n) is 1.29. The fraction of sp³-hybridized carbons (Fsp3) is 0. The number of carboxylic acid groups (broad SMARTS) is 1. The van der Waals surface area contributed by atoms with Gasteiger partial charge < -0.3 is 9.84 Å². The van der Waals surface area contributed by atoms with E-state index in [1.54, 1.807) is 0 Å². The van der Waals surface area contributed by atoms with E-state index < -0.39 is 29.6 Å². The zero-order valence-electron chi connectivity index (χ0n) is 9.69. The third-order valence-electron chi connectivity index (χ3n) is 2.22. The summed E-state index contributed by atoms with van der Waals surface area (Å²) in [5, 5.41) is 8.79. The van der Waals surface area contributed by atoms with E-state index in [1.165, 1.54) is 24.3 Å². The summed E-state index contributed by atoms with van der Waals surface area (Å²) < 4.78 is 4.54. The van der Waals surface area contributed by atoms with Crippen LogP contribution in [0.25, 0.3) is 0 Å². The van der Waals surface area contributed by atoms with Gasteiger partial charge in [0.25, 0.3) is 0 Å². The number of carbonyl (C=O) groups excluding carboxylic acids is 3. The van der Waals surface area contributed by atoms with Gasteiger partial charge in [-0.25, -0.2) is 29.0 Å². The molecule has 8 nitrogen and oxygen atoms in total. The molecule has 0 fully saturated rings. The van der Waals surface area contributed by atoms with E-state index in [1.807, 2.05) is 0 Å². The monoisotopic (exact) mass is 278 g/mol. The van der Waals surface area contributed by atoms with Gasteiger partial charge in [-0.3, -0.25) is 0 Å². The molecule has 0 aromatic heterocycles. The lowest BCUT2D eigenvalue weighted by Crippen LogP contribution is -2.17. The zero-order chi connectivity index (χ0) is 14.7. The zero-order valence-corrected chi connectivity index (χ0v) is 9.69. The summed E-state index contributed by atoms with van der Waals surface area (Å²) in [7, 11) is 0. The van der Waals surface area contributed by atoms with Gasteiger partial charge in [-0.15, -0.1) is 0 Å². The Balaban J connectivity index is 2.43. The van der Waals surface area contributed by atoms with Crippen molar-refractivity contribution in [2.45, 2.75) is 0 Å². The molecule has 8 heteroatoms. The number of carbonyl (C=O) groups is 4. The molecule has 2 bridgehead atoms. The van der Waals surface area contributed by atoms with Crippen LogP contribution in [0.15, 0.2) is 36.1 Å². The van der Waals surface area contributed by atoms with Crippen molar-refractivity contribution in [3.8, 4) is 0 Å². The van der Waals surface area contributed by atoms with Crippen molar-refractivity contribution in [3.63, 3.8) is 0 Å². The maximum absolute atomic E-state index is 11.6. The second-order valence-corrected chi connectivity index (χ2v) is 3.55. The van der Waals surface area contributed by atoms with Gasteiger partial charge in [-0.1, -0.05) is 0 Å². The van der Waals surface area contributed by atoms with E-state index in [-0.39, 0.29) is 11.1 Å².